The van der Waals surface area contributed by atoms with Crippen LogP contribution in [0, 0.1) is 0 Å². The van der Waals surface area contributed by atoms with Gasteiger partial charge in [0.15, 0.2) is 17.5 Å². The molecular weight excluding hydrogens is 921 g/mol. The fourth-order valence-corrected chi connectivity index (χ4v) is 13.0. The third kappa shape index (κ3) is 6.22. The van der Waals surface area contributed by atoms with Gasteiger partial charge in [0.2, 0.25) is 0 Å². The minimum atomic E-state index is -0.512. The van der Waals surface area contributed by atoms with Gasteiger partial charge in [0.25, 0.3) is 0 Å². The minimum Gasteiger partial charge on any atom is -0.309 e. The standard InChI is InChI=1S/C72H44N4/c1-3-19-45(20-4-1)47-35-38-61-60-30-14-18-34-67(60)76(68(61)44-47)52-40-50(62-42-48-23-7-8-24-53(48)54-25-9-10-26-55(54)62)39-51(41-52)71-74-69(46-21-5-2-6-22-46)73-70(75-71)49-36-37-59-58-29-13-17-33-65(58)72(66(59)43-49)63-31-15-11-27-56(63)57-28-12-16-32-64(57)72/h1-44H. The summed E-state index contributed by atoms with van der Waals surface area (Å²) in [7, 11) is 0. The van der Waals surface area contributed by atoms with Crippen molar-refractivity contribution in [2.75, 3.05) is 0 Å². The van der Waals surface area contributed by atoms with Crippen LogP contribution in [0.2, 0.25) is 0 Å². The summed E-state index contributed by atoms with van der Waals surface area (Å²) in [6.07, 6.45) is 0. The minimum absolute atomic E-state index is 0.512. The molecule has 0 amide bonds. The lowest BCUT2D eigenvalue weighted by atomic mass is 9.70. The molecule has 12 aromatic carbocycles. The number of rotatable bonds is 6. The summed E-state index contributed by atoms with van der Waals surface area (Å²) in [6.45, 7) is 0. The Morgan fingerprint density at radius 2 is 0.750 bits per heavy atom. The summed E-state index contributed by atoms with van der Waals surface area (Å²) < 4.78 is 2.43. The van der Waals surface area contributed by atoms with Crippen LogP contribution in [0.15, 0.2) is 267 Å². The second-order valence-electron chi connectivity index (χ2n) is 20.2. The van der Waals surface area contributed by atoms with E-state index in [9.17, 15) is 0 Å². The van der Waals surface area contributed by atoms with E-state index < -0.39 is 5.41 Å². The Balaban J connectivity index is 0.968. The van der Waals surface area contributed by atoms with E-state index in [1.807, 2.05) is 6.07 Å². The van der Waals surface area contributed by atoms with Crippen molar-refractivity contribution >= 4 is 43.4 Å². The van der Waals surface area contributed by atoms with E-state index in [1.165, 1.54) is 82.4 Å². The molecule has 14 aromatic rings. The Bertz CT molecular complexity index is 4640. The lowest BCUT2D eigenvalue weighted by Crippen LogP contribution is -2.25. The number of para-hydroxylation sites is 1. The molecule has 4 nitrogen and oxygen atoms in total. The summed E-state index contributed by atoms with van der Waals surface area (Å²) in [6, 6.07) is 97.2. The molecule has 0 saturated carbocycles. The summed E-state index contributed by atoms with van der Waals surface area (Å²) >= 11 is 0. The van der Waals surface area contributed by atoms with Crippen LogP contribution in [0.1, 0.15) is 22.3 Å². The van der Waals surface area contributed by atoms with Gasteiger partial charge in [0.05, 0.1) is 16.4 Å². The Morgan fingerprint density at radius 1 is 0.250 bits per heavy atom. The van der Waals surface area contributed by atoms with Crippen LogP contribution in [0.5, 0.6) is 0 Å². The zero-order valence-electron chi connectivity index (χ0n) is 41.2. The summed E-state index contributed by atoms with van der Waals surface area (Å²) in [4.78, 5) is 16.4. The first-order valence-corrected chi connectivity index (χ1v) is 26.1. The van der Waals surface area contributed by atoms with Gasteiger partial charge in [-0.15, -0.1) is 0 Å². The molecule has 2 aliphatic carbocycles. The molecule has 0 aliphatic heterocycles. The van der Waals surface area contributed by atoms with Crippen LogP contribution in [0.25, 0.3) is 128 Å². The molecule has 0 N–H and O–H groups in total. The molecule has 0 fully saturated rings. The van der Waals surface area contributed by atoms with Crippen molar-refractivity contribution in [2.24, 2.45) is 0 Å². The first-order valence-electron chi connectivity index (χ1n) is 26.1. The smallest absolute Gasteiger partial charge is 0.164 e. The lowest BCUT2D eigenvalue weighted by molar-refractivity contribution is 0.794. The lowest BCUT2D eigenvalue weighted by Gasteiger charge is -2.30. The first kappa shape index (κ1) is 42.5. The van der Waals surface area contributed by atoms with Crippen molar-refractivity contribution in [1.82, 2.24) is 19.5 Å². The topological polar surface area (TPSA) is 43.6 Å². The number of aromatic nitrogens is 4. The maximum absolute atomic E-state index is 5.59. The summed E-state index contributed by atoms with van der Waals surface area (Å²) in [5, 5.41) is 7.19. The van der Waals surface area contributed by atoms with Gasteiger partial charge in [-0.05, 0) is 131 Å². The number of hydrogen-bond acceptors (Lipinski definition) is 3. The number of benzene rings is 12. The third-order valence-corrected chi connectivity index (χ3v) is 16.2. The second-order valence-corrected chi connectivity index (χ2v) is 20.2. The zero-order valence-corrected chi connectivity index (χ0v) is 41.2. The average molecular weight is 965 g/mol. The Hall–Kier alpha value is -10.0. The Morgan fingerprint density at radius 3 is 1.45 bits per heavy atom. The van der Waals surface area contributed by atoms with E-state index in [1.54, 1.807) is 0 Å². The molecule has 2 aromatic heterocycles. The van der Waals surface area contributed by atoms with Gasteiger partial charge >= 0.3 is 0 Å². The van der Waals surface area contributed by atoms with Crippen molar-refractivity contribution in [2.45, 2.75) is 5.41 Å². The van der Waals surface area contributed by atoms with Crippen LogP contribution in [0.4, 0.5) is 0 Å². The molecule has 76 heavy (non-hydrogen) atoms. The van der Waals surface area contributed by atoms with Gasteiger partial charge in [-0.1, -0.05) is 224 Å². The predicted molar refractivity (Wildman–Crippen MR) is 313 cm³/mol. The van der Waals surface area contributed by atoms with Gasteiger partial charge in [0, 0.05) is 33.2 Å². The van der Waals surface area contributed by atoms with E-state index in [0.29, 0.717) is 17.5 Å². The molecule has 1 spiro atoms. The molecule has 0 radical (unpaired) electrons. The monoisotopic (exact) mass is 964 g/mol. The quantitative estimate of drug-likeness (QED) is 0.156. The average Bonchev–Trinajstić information content (AvgIpc) is 4.32. The molecule has 0 unspecified atom stereocenters. The van der Waals surface area contributed by atoms with Crippen LogP contribution < -0.4 is 0 Å². The molecule has 352 valence electrons. The Kier molecular flexibility index (Phi) is 9.22. The fourth-order valence-electron chi connectivity index (χ4n) is 13.0. The molecule has 16 rings (SSSR count). The van der Waals surface area contributed by atoms with Gasteiger partial charge in [-0.2, -0.15) is 0 Å². The summed E-state index contributed by atoms with van der Waals surface area (Å²) in [5.41, 5.74) is 20.2. The van der Waals surface area contributed by atoms with Crippen molar-refractivity contribution < 1.29 is 0 Å². The van der Waals surface area contributed by atoms with Crippen LogP contribution in [-0.2, 0) is 5.41 Å². The zero-order chi connectivity index (χ0) is 49.9. The molecular formula is C72H44N4. The van der Waals surface area contributed by atoms with Gasteiger partial charge in [0.1, 0.15) is 0 Å². The van der Waals surface area contributed by atoms with Gasteiger partial charge in [-0.3, -0.25) is 0 Å². The number of nitrogens with zero attached hydrogens (tertiary/aromatic N) is 4. The predicted octanol–water partition coefficient (Wildman–Crippen LogP) is 18.0. The highest BCUT2D eigenvalue weighted by atomic mass is 15.0. The number of fused-ring (bicyclic) bond motifs is 16. The van der Waals surface area contributed by atoms with Gasteiger partial charge < -0.3 is 4.57 Å². The normalized spacial score (nSPS) is 12.8. The molecule has 2 aliphatic rings. The van der Waals surface area contributed by atoms with E-state index >= 15 is 0 Å². The third-order valence-electron chi connectivity index (χ3n) is 16.2. The fraction of sp³-hybridized carbons (Fsp3) is 0.0139. The van der Waals surface area contributed by atoms with E-state index in [-0.39, 0.29) is 0 Å². The highest BCUT2D eigenvalue weighted by Crippen LogP contribution is 2.63. The highest BCUT2D eigenvalue weighted by molar-refractivity contribution is 6.14. The second kappa shape index (κ2) is 16.5. The maximum Gasteiger partial charge on any atom is 0.164 e. The van der Waals surface area contributed by atoms with Crippen molar-refractivity contribution in [3.63, 3.8) is 0 Å². The van der Waals surface area contributed by atoms with Crippen LogP contribution >= 0.6 is 0 Å². The summed E-state index contributed by atoms with van der Waals surface area (Å²) in [5.74, 6) is 1.82. The molecule has 0 bridgehead atoms. The first-order chi connectivity index (χ1) is 37.7. The molecule has 0 atom stereocenters. The molecule has 4 heteroatoms. The van der Waals surface area contributed by atoms with Gasteiger partial charge in [-0.25, -0.2) is 15.0 Å². The van der Waals surface area contributed by atoms with Crippen molar-refractivity contribution in [3.05, 3.63) is 289 Å². The van der Waals surface area contributed by atoms with E-state index in [4.69, 9.17) is 15.0 Å². The van der Waals surface area contributed by atoms with Crippen molar-refractivity contribution in [3.8, 4) is 84.4 Å². The number of hydrogen-bond donors (Lipinski definition) is 0. The largest absolute Gasteiger partial charge is 0.309 e. The highest BCUT2D eigenvalue weighted by Gasteiger charge is 2.51. The van der Waals surface area contributed by atoms with Crippen LogP contribution in [0.3, 0.4) is 0 Å². The van der Waals surface area contributed by atoms with Crippen molar-refractivity contribution in [1.29, 1.82) is 0 Å². The SMILES string of the molecule is c1ccc(-c2ccc3c4ccccc4n(-c4cc(-c5nc(-c6ccccc6)nc(-c6ccc7c(c6)C6(c8ccccc8-c8ccccc86)c6ccccc6-7)n5)cc(-c5cc6ccccc6c6ccccc56)c4)c3c2)cc1. The maximum atomic E-state index is 5.59. The Labute approximate surface area is 439 Å². The molecule has 0 saturated heterocycles. The van der Waals surface area contributed by atoms with E-state index in [0.717, 1.165) is 50.1 Å². The molecule has 2 heterocycles. The van der Waals surface area contributed by atoms with Crippen LogP contribution in [-0.4, -0.2) is 19.5 Å². The van der Waals surface area contributed by atoms with E-state index in [2.05, 4.69) is 265 Å².